The lowest BCUT2D eigenvalue weighted by Crippen LogP contribution is -2.51. The molecule has 4 nitrogen and oxygen atoms in total. The lowest BCUT2D eigenvalue weighted by Gasteiger charge is -2.40. The molecule has 106 valence electrons. The average Bonchev–Trinajstić information content (AvgIpc) is 2.46. The summed E-state index contributed by atoms with van der Waals surface area (Å²) in [6.07, 6.45) is 2.01. The Morgan fingerprint density at radius 3 is 2.74 bits per heavy atom. The molecule has 0 amide bonds. The highest BCUT2D eigenvalue weighted by Crippen LogP contribution is 2.19. The molecule has 1 fully saturated rings. The third kappa shape index (κ3) is 3.25. The first-order chi connectivity index (χ1) is 9.15. The van der Waals surface area contributed by atoms with Crippen LogP contribution < -0.4 is 10.2 Å². The van der Waals surface area contributed by atoms with Crippen LogP contribution in [0, 0.1) is 0 Å². The molecule has 1 aliphatic rings. The predicted molar refractivity (Wildman–Crippen MR) is 80.6 cm³/mol. The highest BCUT2D eigenvalue weighted by atomic mass is 15.3. The molecule has 1 N–H and O–H groups in total. The fourth-order valence-corrected chi connectivity index (χ4v) is 2.69. The Morgan fingerprint density at radius 1 is 1.42 bits per heavy atom. The number of nitrogens with zero attached hydrogens (tertiary/aromatic N) is 3. The van der Waals surface area contributed by atoms with E-state index >= 15 is 0 Å². The molecule has 0 spiro atoms. The predicted octanol–water partition coefficient (Wildman–Crippen LogP) is 1.89. The van der Waals surface area contributed by atoms with Crippen LogP contribution in [0.3, 0.4) is 0 Å². The van der Waals surface area contributed by atoms with Gasteiger partial charge in [-0.3, -0.25) is 9.88 Å². The summed E-state index contributed by atoms with van der Waals surface area (Å²) < 4.78 is 0. The van der Waals surface area contributed by atoms with Crippen LogP contribution in [0.2, 0.25) is 0 Å². The van der Waals surface area contributed by atoms with E-state index in [4.69, 9.17) is 0 Å². The van der Waals surface area contributed by atoms with Gasteiger partial charge in [0.1, 0.15) is 0 Å². The Balaban J connectivity index is 2.03. The largest absolute Gasteiger partial charge is 0.367 e. The first-order valence-corrected chi connectivity index (χ1v) is 7.28. The zero-order chi connectivity index (χ0) is 13.8. The van der Waals surface area contributed by atoms with Crippen molar-refractivity contribution in [1.29, 1.82) is 0 Å². The molecule has 1 aliphatic heterocycles. The van der Waals surface area contributed by atoms with E-state index in [1.54, 1.807) is 0 Å². The minimum absolute atomic E-state index is 0.310. The van der Waals surface area contributed by atoms with Gasteiger partial charge in [-0.05, 0) is 39.6 Å². The van der Waals surface area contributed by atoms with Gasteiger partial charge in [0.15, 0.2) is 0 Å². The number of nitrogens with one attached hydrogen (secondary N) is 1. The van der Waals surface area contributed by atoms with Crippen LogP contribution >= 0.6 is 0 Å². The Morgan fingerprint density at radius 2 is 2.21 bits per heavy atom. The summed E-state index contributed by atoms with van der Waals surface area (Å²) in [5.41, 5.74) is 2.35. The highest BCUT2D eigenvalue weighted by Gasteiger charge is 2.22. The van der Waals surface area contributed by atoms with Gasteiger partial charge in [-0.15, -0.1) is 0 Å². The van der Waals surface area contributed by atoms with Crippen molar-refractivity contribution in [1.82, 2.24) is 15.2 Å². The summed E-state index contributed by atoms with van der Waals surface area (Å²) in [7, 11) is 1.96. The molecule has 2 rings (SSSR count). The number of anilines is 1. The molecular weight excluding hydrogens is 236 g/mol. The number of likely N-dealkylation sites (N-methyl/N-ethyl adjacent to an activating group) is 1. The number of hydrogen-bond donors (Lipinski definition) is 1. The number of hydrogen-bond acceptors (Lipinski definition) is 4. The average molecular weight is 262 g/mol. The van der Waals surface area contributed by atoms with Crippen molar-refractivity contribution in [3.63, 3.8) is 0 Å². The van der Waals surface area contributed by atoms with Gasteiger partial charge in [0, 0.05) is 31.7 Å². The Labute approximate surface area is 116 Å². The van der Waals surface area contributed by atoms with Crippen molar-refractivity contribution in [3.8, 4) is 0 Å². The van der Waals surface area contributed by atoms with Crippen LogP contribution in [-0.2, 0) is 0 Å². The molecule has 1 saturated heterocycles. The number of aromatic nitrogens is 1. The van der Waals surface area contributed by atoms with Gasteiger partial charge < -0.3 is 10.2 Å². The smallest absolute Gasteiger partial charge is 0.0571 e. The third-order valence-electron chi connectivity index (χ3n) is 4.18. The van der Waals surface area contributed by atoms with Crippen molar-refractivity contribution in [2.45, 2.75) is 32.9 Å². The molecule has 1 aromatic heterocycles. The van der Waals surface area contributed by atoms with Gasteiger partial charge in [-0.25, -0.2) is 0 Å². The van der Waals surface area contributed by atoms with Gasteiger partial charge in [-0.1, -0.05) is 6.92 Å². The standard InChI is InChI=1S/C15H26N4/c1-5-18-8-9-19(11-12(18)2)14-6-7-15(17-10-14)13(3)16-4/h6-7,10,12-13,16H,5,8-9,11H2,1-4H3. The van der Waals surface area contributed by atoms with E-state index in [9.17, 15) is 0 Å². The molecule has 19 heavy (non-hydrogen) atoms. The molecule has 2 unspecified atom stereocenters. The molecule has 2 heterocycles. The number of piperazine rings is 1. The second-order valence-corrected chi connectivity index (χ2v) is 5.38. The van der Waals surface area contributed by atoms with E-state index < -0.39 is 0 Å². The quantitative estimate of drug-likeness (QED) is 0.898. The van der Waals surface area contributed by atoms with Crippen molar-refractivity contribution >= 4 is 5.69 Å². The van der Waals surface area contributed by atoms with Gasteiger partial charge in [0.25, 0.3) is 0 Å². The van der Waals surface area contributed by atoms with Crippen LogP contribution in [0.15, 0.2) is 18.3 Å². The first kappa shape index (κ1) is 14.3. The number of pyridine rings is 1. The van der Waals surface area contributed by atoms with E-state index in [1.165, 1.54) is 5.69 Å². The van der Waals surface area contributed by atoms with E-state index in [1.807, 2.05) is 13.2 Å². The Bertz CT molecular complexity index is 390. The van der Waals surface area contributed by atoms with Gasteiger partial charge in [0.2, 0.25) is 0 Å². The normalized spacial score (nSPS) is 22.5. The molecular formula is C15H26N4. The molecule has 1 aromatic rings. The van der Waals surface area contributed by atoms with Crippen molar-refractivity contribution in [3.05, 3.63) is 24.0 Å². The summed E-state index contributed by atoms with van der Waals surface area (Å²) in [6.45, 7) is 11.2. The lowest BCUT2D eigenvalue weighted by atomic mass is 10.1. The van der Waals surface area contributed by atoms with Crippen molar-refractivity contribution in [2.75, 3.05) is 38.1 Å². The third-order valence-corrected chi connectivity index (χ3v) is 4.18. The SMILES string of the molecule is CCN1CCN(c2ccc(C(C)NC)nc2)CC1C. The fraction of sp³-hybridized carbons (Fsp3) is 0.667. The maximum absolute atomic E-state index is 4.57. The first-order valence-electron chi connectivity index (χ1n) is 7.28. The maximum Gasteiger partial charge on any atom is 0.0571 e. The minimum Gasteiger partial charge on any atom is -0.367 e. The van der Waals surface area contributed by atoms with E-state index in [0.29, 0.717) is 12.1 Å². The second kappa shape index (κ2) is 6.35. The summed E-state index contributed by atoms with van der Waals surface area (Å²) in [4.78, 5) is 9.54. The van der Waals surface area contributed by atoms with Gasteiger partial charge in [-0.2, -0.15) is 0 Å². The van der Waals surface area contributed by atoms with E-state index in [0.717, 1.165) is 31.9 Å². The van der Waals surface area contributed by atoms with Crippen molar-refractivity contribution in [2.24, 2.45) is 0 Å². The monoisotopic (exact) mass is 262 g/mol. The Hall–Kier alpha value is -1.13. The Kier molecular flexibility index (Phi) is 4.77. The van der Waals surface area contributed by atoms with Crippen LogP contribution in [-0.4, -0.2) is 49.2 Å². The summed E-state index contributed by atoms with van der Waals surface area (Å²) in [5.74, 6) is 0. The zero-order valence-corrected chi connectivity index (χ0v) is 12.6. The molecule has 0 aromatic carbocycles. The number of rotatable bonds is 4. The van der Waals surface area contributed by atoms with Gasteiger partial charge >= 0.3 is 0 Å². The summed E-state index contributed by atoms with van der Waals surface area (Å²) in [5, 5.41) is 3.22. The topological polar surface area (TPSA) is 31.4 Å². The van der Waals surface area contributed by atoms with E-state index in [2.05, 4.69) is 53.0 Å². The van der Waals surface area contributed by atoms with Crippen molar-refractivity contribution < 1.29 is 0 Å². The summed E-state index contributed by atoms with van der Waals surface area (Å²) >= 11 is 0. The molecule has 0 saturated carbocycles. The summed E-state index contributed by atoms with van der Waals surface area (Å²) in [6, 6.07) is 5.26. The van der Waals surface area contributed by atoms with Gasteiger partial charge in [0.05, 0.1) is 17.6 Å². The molecule has 0 bridgehead atoms. The maximum atomic E-state index is 4.57. The molecule has 0 radical (unpaired) electrons. The van der Waals surface area contributed by atoms with Crippen LogP contribution in [0.5, 0.6) is 0 Å². The molecule has 2 atom stereocenters. The van der Waals surface area contributed by atoms with Crippen LogP contribution in [0.1, 0.15) is 32.5 Å². The highest BCUT2D eigenvalue weighted by molar-refractivity contribution is 5.45. The van der Waals surface area contributed by atoms with Crippen LogP contribution in [0.25, 0.3) is 0 Å². The second-order valence-electron chi connectivity index (χ2n) is 5.38. The van der Waals surface area contributed by atoms with E-state index in [-0.39, 0.29) is 0 Å². The molecule has 0 aliphatic carbocycles. The van der Waals surface area contributed by atoms with Crippen LogP contribution in [0.4, 0.5) is 5.69 Å². The fourth-order valence-electron chi connectivity index (χ4n) is 2.69. The molecule has 4 heteroatoms. The zero-order valence-electron chi connectivity index (χ0n) is 12.6. The lowest BCUT2D eigenvalue weighted by molar-refractivity contribution is 0.199. The minimum atomic E-state index is 0.310.